The van der Waals surface area contributed by atoms with E-state index in [0.29, 0.717) is 0 Å². The summed E-state index contributed by atoms with van der Waals surface area (Å²) < 4.78 is 0. The molecule has 2 heterocycles. The fraction of sp³-hybridized carbons (Fsp3) is 0.750. The lowest BCUT2D eigenvalue weighted by Gasteiger charge is -1.77. The van der Waals surface area contributed by atoms with Crippen LogP contribution in [0.25, 0.3) is 0 Å². The van der Waals surface area contributed by atoms with Gasteiger partial charge < -0.3 is 10.6 Å². The van der Waals surface area contributed by atoms with Crippen LogP contribution >= 0.6 is 0 Å². The van der Waals surface area contributed by atoms with Crippen molar-refractivity contribution in [2.45, 2.75) is 12.8 Å². The van der Waals surface area contributed by atoms with E-state index in [1.165, 1.54) is 25.9 Å². The lowest BCUT2D eigenvalue weighted by atomic mass is 10.4. The van der Waals surface area contributed by atoms with Gasteiger partial charge in [0.2, 0.25) is 0 Å². The third-order valence-corrected chi connectivity index (χ3v) is 1.65. The van der Waals surface area contributed by atoms with Gasteiger partial charge in [-0.3, -0.25) is 0 Å². The summed E-state index contributed by atoms with van der Waals surface area (Å²) in [7, 11) is 0. The summed E-state index contributed by atoms with van der Waals surface area (Å²) in [6.45, 7) is 4.64. The molecule has 2 N–H and O–H groups in total. The van der Waals surface area contributed by atoms with Gasteiger partial charge in [0, 0.05) is 13.1 Å². The molecule has 2 nitrogen and oxygen atoms in total. The minimum absolute atomic E-state index is 1.07. The van der Waals surface area contributed by atoms with E-state index in [1.54, 1.807) is 0 Å². The van der Waals surface area contributed by atoms with Crippen LogP contribution in [0.4, 0.5) is 0 Å². The minimum atomic E-state index is 1.07. The Kier molecular flexibility index (Phi) is 4.23. The zero-order valence-corrected chi connectivity index (χ0v) is 6.40. The Morgan fingerprint density at radius 2 is 1.40 bits per heavy atom. The van der Waals surface area contributed by atoms with Crippen molar-refractivity contribution in [2.24, 2.45) is 0 Å². The maximum Gasteiger partial charge on any atom is 0.0138 e. The van der Waals surface area contributed by atoms with E-state index in [-0.39, 0.29) is 0 Å². The van der Waals surface area contributed by atoms with Crippen molar-refractivity contribution >= 4 is 0 Å². The van der Waals surface area contributed by atoms with E-state index in [0.717, 1.165) is 13.1 Å². The maximum absolute atomic E-state index is 3.22. The quantitative estimate of drug-likeness (QED) is 0.479. The molecule has 0 aromatic carbocycles. The normalized spacial score (nSPS) is 22.4. The van der Waals surface area contributed by atoms with E-state index in [4.69, 9.17) is 0 Å². The highest BCUT2D eigenvalue weighted by Gasteiger charge is 1.93. The van der Waals surface area contributed by atoms with E-state index in [9.17, 15) is 0 Å². The lowest BCUT2D eigenvalue weighted by molar-refractivity contribution is 0.857. The van der Waals surface area contributed by atoms with Crippen molar-refractivity contribution in [1.29, 1.82) is 0 Å². The van der Waals surface area contributed by atoms with Gasteiger partial charge in [0.1, 0.15) is 0 Å². The smallest absolute Gasteiger partial charge is 0.0138 e. The first-order valence-electron chi connectivity index (χ1n) is 4.06. The molecule has 0 spiro atoms. The van der Waals surface area contributed by atoms with Crippen LogP contribution in [-0.4, -0.2) is 26.2 Å². The van der Waals surface area contributed by atoms with Crippen molar-refractivity contribution < 1.29 is 0 Å². The summed E-state index contributed by atoms with van der Waals surface area (Å²) in [6, 6.07) is 0. The van der Waals surface area contributed by atoms with Crippen LogP contribution in [0.15, 0.2) is 12.2 Å². The summed E-state index contributed by atoms with van der Waals surface area (Å²) >= 11 is 0. The average molecular weight is 140 g/mol. The Balaban J connectivity index is 0.0000001000. The molecule has 2 aliphatic rings. The summed E-state index contributed by atoms with van der Waals surface area (Å²) in [5.74, 6) is 0. The molecule has 0 unspecified atom stereocenters. The van der Waals surface area contributed by atoms with Crippen molar-refractivity contribution in [1.82, 2.24) is 10.6 Å². The van der Waals surface area contributed by atoms with Crippen molar-refractivity contribution in [3.05, 3.63) is 12.2 Å². The molecule has 0 radical (unpaired) electrons. The molecule has 0 amide bonds. The molecule has 2 rings (SSSR count). The van der Waals surface area contributed by atoms with E-state index >= 15 is 0 Å². The number of hydrogen-bond donors (Lipinski definition) is 2. The molecule has 0 bridgehead atoms. The van der Waals surface area contributed by atoms with Crippen LogP contribution in [0, 0.1) is 0 Å². The molecular formula is C8H16N2. The van der Waals surface area contributed by atoms with Gasteiger partial charge in [0.15, 0.2) is 0 Å². The molecule has 58 valence electrons. The molecule has 0 atom stereocenters. The first kappa shape index (κ1) is 7.76. The molecule has 0 saturated carbocycles. The summed E-state index contributed by atoms with van der Waals surface area (Å²) in [5.41, 5.74) is 0. The van der Waals surface area contributed by atoms with Crippen LogP contribution in [0.5, 0.6) is 0 Å². The molecule has 2 heteroatoms. The standard InChI is InChI=1S/C4H9N.C4H7N/c2*1-2-4-5-3-1/h5H,1-4H2;1-2,5H,3-4H2. The third kappa shape index (κ3) is 3.64. The number of hydrogen-bond acceptors (Lipinski definition) is 2. The Morgan fingerprint density at radius 1 is 0.800 bits per heavy atom. The van der Waals surface area contributed by atoms with Gasteiger partial charge in [0.25, 0.3) is 0 Å². The summed E-state index contributed by atoms with van der Waals surface area (Å²) in [6.07, 6.45) is 7.03. The largest absolute Gasteiger partial charge is 0.317 e. The second kappa shape index (κ2) is 5.45. The van der Waals surface area contributed by atoms with Gasteiger partial charge in [-0.1, -0.05) is 12.2 Å². The predicted molar refractivity (Wildman–Crippen MR) is 44.1 cm³/mol. The van der Waals surface area contributed by atoms with Gasteiger partial charge in [-0.15, -0.1) is 0 Å². The highest BCUT2D eigenvalue weighted by Crippen LogP contribution is 1.90. The third-order valence-electron chi connectivity index (χ3n) is 1.65. The Hall–Kier alpha value is -0.340. The molecule has 0 aromatic rings. The van der Waals surface area contributed by atoms with Gasteiger partial charge in [-0.05, 0) is 25.9 Å². The van der Waals surface area contributed by atoms with E-state index < -0.39 is 0 Å². The summed E-state index contributed by atoms with van der Waals surface area (Å²) in [5, 5.41) is 6.33. The number of rotatable bonds is 0. The lowest BCUT2D eigenvalue weighted by Crippen LogP contribution is -2.04. The monoisotopic (exact) mass is 140 g/mol. The van der Waals surface area contributed by atoms with Crippen LogP contribution in [0.1, 0.15) is 12.8 Å². The van der Waals surface area contributed by atoms with Crippen LogP contribution in [-0.2, 0) is 0 Å². The Labute approximate surface area is 62.7 Å². The van der Waals surface area contributed by atoms with Gasteiger partial charge >= 0.3 is 0 Å². The van der Waals surface area contributed by atoms with E-state index in [1.807, 2.05) is 0 Å². The van der Waals surface area contributed by atoms with Crippen molar-refractivity contribution in [2.75, 3.05) is 26.2 Å². The van der Waals surface area contributed by atoms with E-state index in [2.05, 4.69) is 22.8 Å². The molecular weight excluding hydrogens is 124 g/mol. The second-order valence-electron chi connectivity index (χ2n) is 2.59. The second-order valence-corrected chi connectivity index (χ2v) is 2.59. The fourth-order valence-corrected chi connectivity index (χ4v) is 1.04. The molecule has 2 aliphatic heterocycles. The molecule has 1 saturated heterocycles. The van der Waals surface area contributed by atoms with Gasteiger partial charge in [0.05, 0.1) is 0 Å². The molecule has 10 heavy (non-hydrogen) atoms. The van der Waals surface area contributed by atoms with Crippen LogP contribution < -0.4 is 10.6 Å². The zero-order valence-electron chi connectivity index (χ0n) is 6.40. The first-order chi connectivity index (χ1) is 5.00. The maximum atomic E-state index is 3.22. The molecule has 0 aliphatic carbocycles. The van der Waals surface area contributed by atoms with Crippen molar-refractivity contribution in [3.8, 4) is 0 Å². The first-order valence-corrected chi connectivity index (χ1v) is 4.06. The Morgan fingerprint density at radius 3 is 1.60 bits per heavy atom. The summed E-state index contributed by atoms with van der Waals surface area (Å²) in [4.78, 5) is 0. The SMILES string of the molecule is C1=CCNC1.C1CCNC1. The molecule has 1 fully saturated rings. The zero-order chi connectivity index (χ0) is 7.07. The minimum Gasteiger partial charge on any atom is -0.317 e. The predicted octanol–water partition coefficient (Wildman–Crippen LogP) is 0.516. The van der Waals surface area contributed by atoms with Crippen molar-refractivity contribution in [3.63, 3.8) is 0 Å². The Bertz CT molecular complexity index is 81.8. The fourth-order valence-electron chi connectivity index (χ4n) is 1.04. The van der Waals surface area contributed by atoms with Gasteiger partial charge in [-0.2, -0.15) is 0 Å². The van der Waals surface area contributed by atoms with Crippen LogP contribution in [0.2, 0.25) is 0 Å². The molecule has 0 aromatic heterocycles. The highest BCUT2D eigenvalue weighted by molar-refractivity contribution is 4.92. The highest BCUT2D eigenvalue weighted by atomic mass is 14.9. The van der Waals surface area contributed by atoms with Crippen LogP contribution in [0.3, 0.4) is 0 Å². The van der Waals surface area contributed by atoms with Gasteiger partial charge in [-0.25, -0.2) is 0 Å². The number of nitrogens with one attached hydrogen (secondary N) is 2. The average Bonchev–Trinajstić information content (AvgIpc) is 2.67. The topological polar surface area (TPSA) is 24.1 Å².